The van der Waals surface area contributed by atoms with Gasteiger partial charge >= 0.3 is 19.4 Å². The van der Waals surface area contributed by atoms with E-state index in [9.17, 15) is 14.2 Å². The summed E-state index contributed by atoms with van der Waals surface area (Å²) in [5.74, 6) is -2.77. The molecule has 1 unspecified atom stereocenters. The van der Waals surface area contributed by atoms with Crippen molar-refractivity contribution >= 4 is 29.4 Å². The lowest BCUT2D eigenvalue weighted by molar-refractivity contribution is -0.140. The van der Waals surface area contributed by atoms with Crippen LogP contribution in [-0.2, 0) is 27.6 Å². The molecular formula is C14H17F2N2O8PS2. The molecule has 29 heavy (non-hydrogen) atoms. The lowest BCUT2D eigenvalue weighted by atomic mass is 10.1. The van der Waals surface area contributed by atoms with Gasteiger partial charge in [-0.05, 0) is 0 Å². The number of halogens is 2. The van der Waals surface area contributed by atoms with Gasteiger partial charge in [0.05, 0.1) is 12.7 Å². The fourth-order valence-corrected chi connectivity index (χ4v) is 7.34. The highest BCUT2D eigenvalue weighted by Gasteiger charge is 2.65. The number of phosphoric acid groups is 1. The molecule has 0 aromatic carbocycles. The Bertz CT molecular complexity index is 929. The zero-order valence-electron chi connectivity index (χ0n) is 14.9. The van der Waals surface area contributed by atoms with Crippen molar-refractivity contribution in [2.45, 2.75) is 36.6 Å². The van der Waals surface area contributed by atoms with Gasteiger partial charge < -0.3 is 9.47 Å². The van der Waals surface area contributed by atoms with Crippen LogP contribution >= 0.6 is 29.4 Å². The summed E-state index contributed by atoms with van der Waals surface area (Å²) in [5.41, 5.74) is -1.81. The zero-order chi connectivity index (χ0) is 20.8. The number of alkyl halides is 2. The topological polar surface area (TPSA) is 118 Å². The normalized spacial score (nSPS) is 39.2. The molecule has 10 nitrogen and oxygen atoms in total. The molecule has 6 atom stereocenters. The van der Waals surface area contributed by atoms with E-state index in [1.54, 1.807) is 10.8 Å². The number of fused-ring (bicyclic) bond motifs is 1. The zero-order valence-corrected chi connectivity index (χ0v) is 17.4. The van der Waals surface area contributed by atoms with Crippen LogP contribution in [0, 0.1) is 0 Å². The summed E-state index contributed by atoms with van der Waals surface area (Å²) in [7, 11) is 0.161. The first kappa shape index (κ1) is 21.5. The van der Waals surface area contributed by atoms with Crippen LogP contribution in [0.1, 0.15) is 6.23 Å². The molecule has 3 aliphatic rings. The van der Waals surface area contributed by atoms with Crippen LogP contribution in [0.15, 0.2) is 21.9 Å². The summed E-state index contributed by atoms with van der Waals surface area (Å²) < 4.78 is 69.7. The predicted molar refractivity (Wildman–Crippen MR) is 99.2 cm³/mol. The van der Waals surface area contributed by atoms with E-state index in [2.05, 4.69) is 0 Å². The van der Waals surface area contributed by atoms with Gasteiger partial charge in [-0.3, -0.25) is 27.9 Å². The standard InChI is InChI=1S/C14H17F2N2O8PS2/c1-22-8-5-28-29-6-9(8)25-27(21)23-4-7-11(26-27)14(15,16)12(24-7)18-3-2-10(19)17-13(18)20/h2-3,7-9,11-12H,4-6H2,1H3,(H,17,19,20)/t7-,8-,9-,11-,12-,27?/m1/s1. The molecule has 3 aliphatic heterocycles. The molecule has 3 fully saturated rings. The molecule has 4 heterocycles. The average Bonchev–Trinajstić information content (AvgIpc) is 2.92. The van der Waals surface area contributed by atoms with Crippen molar-refractivity contribution in [1.82, 2.24) is 9.55 Å². The number of nitrogens with one attached hydrogen (secondary N) is 1. The quantitative estimate of drug-likeness (QED) is 0.507. The van der Waals surface area contributed by atoms with Crippen molar-refractivity contribution in [3.8, 4) is 0 Å². The maximum absolute atomic E-state index is 15.0. The minimum atomic E-state index is -4.33. The molecule has 0 saturated carbocycles. The molecular weight excluding hydrogens is 457 g/mol. The Hall–Kier alpha value is -0.730. The number of hydrogen-bond acceptors (Lipinski definition) is 10. The number of aromatic amines is 1. The van der Waals surface area contributed by atoms with E-state index in [1.807, 2.05) is 4.98 Å². The molecule has 0 bridgehead atoms. The smallest absolute Gasteiger partial charge is 0.378 e. The minimum Gasteiger partial charge on any atom is -0.378 e. The molecule has 1 aromatic rings. The van der Waals surface area contributed by atoms with Crippen LogP contribution in [0.5, 0.6) is 0 Å². The Morgan fingerprint density at radius 2 is 2.03 bits per heavy atom. The summed E-state index contributed by atoms with van der Waals surface area (Å²) >= 11 is 0. The molecule has 1 N–H and O–H groups in total. The number of rotatable bonds is 4. The lowest BCUT2D eigenvalue weighted by Gasteiger charge is -2.36. The van der Waals surface area contributed by atoms with Crippen LogP contribution < -0.4 is 11.2 Å². The molecule has 0 amide bonds. The molecule has 0 radical (unpaired) electrons. The first-order chi connectivity index (χ1) is 13.7. The highest BCUT2D eigenvalue weighted by atomic mass is 33.1. The van der Waals surface area contributed by atoms with E-state index in [0.29, 0.717) is 16.1 Å². The molecule has 3 saturated heterocycles. The van der Waals surface area contributed by atoms with E-state index in [4.69, 9.17) is 23.0 Å². The minimum absolute atomic E-state index is 0.398. The second-order valence-corrected chi connectivity index (χ2v) is 10.6. The van der Waals surface area contributed by atoms with Crippen molar-refractivity contribution in [1.29, 1.82) is 0 Å². The monoisotopic (exact) mass is 474 g/mol. The number of methoxy groups -OCH3 is 1. The summed E-state index contributed by atoms with van der Waals surface area (Å²) in [6.07, 6.45) is -5.47. The molecule has 15 heteroatoms. The lowest BCUT2D eigenvalue weighted by Crippen LogP contribution is -2.46. The largest absolute Gasteiger partial charge is 0.475 e. The van der Waals surface area contributed by atoms with E-state index in [-0.39, 0.29) is 0 Å². The second-order valence-electron chi connectivity index (χ2n) is 6.47. The van der Waals surface area contributed by atoms with Crippen LogP contribution in [0.2, 0.25) is 0 Å². The molecule has 4 rings (SSSR count). The van der Waals surface area contributed by atoms with E-state index < -0.39 is 62.2 Å². The summed E-state index contributed by atoms with van der Waals surface area (Å²) in [6.45, 7) is -0.474. The molecule has 1 aromatic heterocycles. The van der Waals surface area contributed by atoms with E-state index in [1.165, 1.54) is 17.9 Å². The molecule has 0 spiro atoms. The molecule has 0 aliphatic carbocycles. The van der Waals surface area contributed by atoms with Crippen molar-refractivity contribution in [2.75, 3.05) is 25.2 Å². The first-order valence-corrected chi connectivity index (χ1v) is 12.4. The fraction of sp³-hybridized carbons (Fsp3) is 0.714. The second kappa shape index (κ2) is 8.08. The summed E-state index contributed by atoms with van der Waals surface area (Å²) in [4.78, 5) is 25.0. The van der Waals surface area contributed by atoms with Crippen LogP contribution in [0.4, 0.5) is 8.78 Å². The van der Waals surface area contributed by atoms with Gasteiger partial charge in [-0.2, -0.15) is 8.78 Å². The number of ether oxygens (including phenoxy) is 2. The summed E-state index contributed by atoms with van der Waals surface area (Å²) in [6, 6.07) is 0.915. The van der Waals surface area contributed by atoms with Crippen molar-refractivity contribution in [2.24, 2.45) is 0 Å². The number of phosphoric ester groups is 1. The van der Waals surface area contributed by atoms with E-state index >= 15 is 8.78 Å². The Morgan fingerprint density at radius 1 is 1.31 bits per heavy atom. The third-order valence-corrected chi connectivity index (χ3v) is 8.52. The van der Waals surface area contributed by atoms with Crippen molar-refractivity contribution < 1.29 is 36.4 Å². The van der Waals surface area contributed by atoms with Gasteiger partial charge in [-0.15, -0.1) is 0 Å². The van der Waals surface area contributed by atoms with Gasteiger partial charge in [-0.1, -0.05) is 21.6 Å². The summed E-state index contributed by atoms with van der Waals surface area (Å²) in [5, 5.41) is 0. The third-order valence-electron chi connectivity index (χ3n) is 4.62. The maximum Gasteiger partial charge on any atom is 0.475 e. The Morgan fingerprint density at radius 3 is 2.72 bits per heavy atom. The highest BCUT2D eigenvalue weighted by molar-refractivity contribution is 8.76. The van der Waals surface area contributed by atoms with Gasteiger partial charge in [0.2, 0.25) is 6.23 Å². The van der Waals surface area contributed by atoms with Crippen LogP contribution in [0.25, 0.3) is 0 Å². The fourth-order valence-electron chi connectivity index (χ4n) is 3.16. The van der Waals surface area contributed by atoms with Crippen molar-refractivity contribution in [3.63, 3.8) is 0 Å². The van der Waals surface area contributed by atoms with Gasteiger partial charge in [0, 0.05) is 30.9 Å². The number of nitrogens with zero attached hydrogens (tertiary/aromatic N) is 1. The predicted octanol–water partition coefficient (Wildman–Crippen LogP) is 1.39. The Balaban J connectivity index is 1.55. The number of hydrogen-bond donors (Lipinski definition) is 1. The van der Waals surface area contributed by atoms with Gasteiger partial charge in [0.15, 0.2) is 6.10 Å². The Labute approximate surface area is 170 Å². The average molecular weight is 474 g/mol. The first-order valence-electron chi connectivity index (χ1n) is 8.47. The van der Waals surface area contributed by atoms with Crippen molar-refractivity contribution in [3.05, 3.63) is 33.1 Å². The Kier molecular flexibility index (Phi) is 5.99. The van der Waals surface area contributed by atoms with Crippen LogP contribution in [0.3, 0.4) is 0 Å². The number of H-pyrrole nitrogens is 1. The third kappa shape index (κ3) is 4.09. The maximum atomic E-state index is 15.0. The van der Waals surface area contributed by atoms with E-state index in [0.717, 1.165) is 12.3 Å². The highest BCUT2D eigenvalue weighted by Crippen LogP contribution is 2.61. The number of aromatic nitrogens is 2. The van der Waals surface area contributed by atoms with Gasteiger partial charge in [-0.25, -0.2) is 9.36 Å². The SMILES string of the molecule is CO[C@@H]1CSSC[C@H]1OP1(=O)OC[C@H]2O[C@@H](n3ccc(=O)[nH]c3=O)C(F)(F)[C@@H]2O1. The van der Waals surface area contributed by atoms with Crippen LogP contribution in [-0.4, -0.2) is 65.1 Å². The van der Waals surface area contributed by atoms with Gasteiger partial charge in [0.25, 0.3) is 5.56 Å². The van der Waals surface area contributed by atoms with Gasteiger partial charge in [0.1, 0.15) is 12.2 Å². The molecule has 162 valence electrons.